The molecule has 2 amide bonds. The third-order valence-electron chi connectivity index (χ3n) is 4.56. The van der Waals surface area contributed by atoms with Crippen LogP contribution in [-0.4, -0.2) is 49.8 Å². The Morgan fingerprint density at radius 1 is 1.07 bits per heavy atom. The summed E-state index contributed by atoms with van der Waals surface area (Å²) >= 11 is 9.51. The number of halogens is 2. The zero-order valence-corrected chi connectivity index (χ0v) is 18.3. The van der Waals surface area contributed by atoms with Crippen LogP contribution >= 0.6 is 27.5 Å². The van der Waals surface area contributed by atoms with Gasteiger partial charge in [0.15, 0.2) is 0 Å². The maximum Gasteiger partial charge on any atom is 0.317 e. The van der Waals surface area contributed by atoms with Gasteiger partial charge in [0.1, 0.15) is 0 Å². The summed E-state index contributed by atoms with van der Waals surface area (Å²) < 4.78 is 27.5. The first-order valence-electron chi connectivity index (χ1n) is 8.83. The summed E-state index contributed by atoms with van der Waals surface area (Å²) in [5, 5.41) is 3.42. The summed E-state index contributed by atoms with van der Waals surface area (Å²) in [6.45, 7) is 1.61. The van der Waals surface area contributed by atoms with E-state index >= 15 is 0 Å². The molecule has 0 bridgehead atoms. The highest BCUT2D eigenvalue weighted by molar-refractivity contribution is 9.10. The molecule has 1 heterocycles. The van der Waals surface area contributed by atoms with Gasteiger partial charge in [0.2, 0.25) is 10.0 Å². The van der Waals surface area contributed by atoms with Gasteiger partial charge in [-0.3, -0.25) is 0 Å². The lowest BCUT2D eigenvalue weighted by molar-refractivity contribution is 0.172. The number of nitrogens with zero attached hydrogens (tertiary/aromatic N) is 2. The van der Waals surface area contributed by atoms with Crippen LogP contribution in [0.25, 0.3) is 0 Å². The lowest BCUT2D eigenvalue weighted by Gasteiger charge is -2.34. The first-order valence-corrected chi connectivity index (χ1v) is 11.6. The van der Waals surface area contributed by atoms with Gasteiger partial charge >= 0.3 is 6.03 Å². The number of hydrogen-bond acceptors (Lipinski definition) is 3. The summed E-state index contributed by atoms with van der Waals surface area (Å²) in [4.78, 5) is 14.0. The van der Waals surface area contributed by atoms with Crippen molar-refractivity contribution in [3.63, 3.8) is 0 Å². The fourth-order valence-electron chi connectivity index (χ4n) is 2.99. The Hall–Kier alpha value is -1.61. The molecule has 9 heteroatoms. The lowest BCUT2D eigenvalue weighted by atomic mass is 10.2. The predicted octanol–water partition coefficient (Wildman–Crippen LogP) is 3.46. The second kappa shape index (κ2) is 9.26. The Kier molecular flexibility index (Phi) is 6.98. The molecule has 28 heavy (non-hydrogen) atoms. The van der Waals surface area contributed by atoms with Crippen LogP contribution in [0.2, 0.25) is 5.02 Å². The number of nitrogens with one attached hydrogen (secondary N) is 1. The minimum Gasteiger partial charge on any atom is -0.334 e. The molecule has 1 fully saturated rings. The molecule has 3 rings (SSSR count). The van der Waals surface area contributed by atoms with Crippen molar-refractivity contribution >= 4 is 43.6 Å². The predicted molar refractivity (Wildman–Crippen MR) is 114 cm³/mol. The number of urea groups is 1. The largest absolute Gasteiger partial charge is 0.334 e. The van der Waals surface area contributed by atoms with Crippen LogP contribution in [0.4, 0.5) is 4.79 Å². The molecule has 0 spiro atoms. The van der Waals surface area contributed by atoms with Crippen molar-refractivity contribution in [1.29, 1.82) is 0 Å². The summed E-state index contributed by atoms with van der Waals surface area (Å²) in [5.41, 5.74) is 1.58. The van der Waals surface area contributed by atoms with Crippen molar-refractivity contribution < 1.29 is 13.2 Å². The van der Waals surface area contributed by atoms with Crippen LogP contribution in [-0.2, 0) is 22.3 Å². The fourth-order valence-corrected chi connectivity index (χ4v) is 5.25. The Labute approximate surface area is 178 Å². The second-order valence-corrected chi connectivity index (χ2v) is 9.81. The van der Waals surface area contributed by atoms with Crippen molar-refractivity contribution in [3.8, 4) is 0 Å². The summed E-state index contributed by atoms with van der Waals surface area (Å²) in [6, 6.07) is 14.4. The Morgan fingerprint density at radius 2 is 1.75 bits per heavy atom. The van der Waals surface area contributed by atoms with E-state index in [9.17, 15) is 13.2 Å². The van der Waals surface area contributed by atoms with E-state index in [0.717, 1.165) is 15.6 Å². The number of amides is 2. The van der Waals surface area contributed by atoms with Gasteiger partial charge in [0.05, 0.1) is 5.75 Å². The van der Waals surface area contributed by atoms with Gasteiger partial charge in [-0.2, -0.15) is 4.31 Å². The molecule has 1 saturated heterocycles. The van der Waals surface area contributed by atoms with Gasteiger partial charge in [-0.25, -0.2) is 13.2 Å². The van der Waals surface area contributed by atoms with Gasteiger partial charge in [0, 0.05) is 42.2 Å². The minimum atomic E-state index is -3.40. The summed E-state index contributed by atoms with van der Waals surface area (Å²) in [6.07, 6.45) is 0. The molecule has 0 atom stereocenters. The highest BCUT2D eigenvalue weighted by atomic mass is 79.9. The van der Waals surface area contributed by atoms with E-state index in [2.05, 4.69) is 21.2 Å². The quantitative estimate of drug-likeness (QED) is 0.704. The molecule has 0 aromatic heterocycles. The first-order chi connectivity index (χ1) is 13.3. The number of sulfonamides is 1. The van der Waals surface area contributed by atoms with E-state index in [0.29, 0.717) is 37.7 Å². The first kappa shape index (κ1) is 21.1. The van der Waals surface area contributed by atoms with Crippen molar-refractivity contribution in [3.05, 3.63) is 69.2 Å². The van der Waals surface area contributed by atoms with E-state index in [1.807, 2.05) is 30.3 Å². The molecule has 1 N–H and O–H groups in total. The van der Waals surface area contributed by atoms with E-state index in [1.165, 1.54) is 4.31 Å². The fraction of sp³-hybridized carbons (Fsp3) is 0.316. The molecule has 1 aliphatic rings. The number of carbonyl (C=O) groups is 1. The average molecular weight is 487 g/mol. The molecule has 2 aromatic rings. The minimum absolute atomic E-state index is 0.0257. The number of carbonyl (C=O) groups excluding carboxylic acids is 1. The normalized spacial score (nSPS) is 15.4. The second-order valence-electron chi connectivity index (χ2n) is 6.52. The van der Waals surface area contributed by atoms with E-state index < -0.39 is 10.0 Å². The van der Waals surface area contributed by atoms with Crippen LogP contribution in [0.15, 0.2) is 53.0 Å². The van der Waals surface area contributed by atoms with Gasteiger partial charge in [-0.1, -0.05) is 63.9 Å². The van der Waals surface area contributed by atoms with Gasteiger partial charge in [-0.05, 0) is 23.3 Å². The Bertz CT molecular complexity index is 933. The molecule has 0 radical (unpaired) electrons. The van der Waals surface area contributed by atoms with Crippen LogP contribution < -0.4 is 5.32 Å². The monoisotopic (exact) mass is 485 g/mol. The molecule has 150 valence electrons. The topological polar surface area (TPSA) is 69.7 Å². The number of hydrogen-bond donors (Lipinski definition) is 1. The van der Waals surface area contributed by atoms with Gasteiger partial charge < -0.3 is 10.2 Å². The molecular weight excluding hydrogens is 466 g/mol. The summed E-state index contributed by atoms with van der Waals surface area (Å²) in [5.74, 6) is -0.0257. The van der Waals surface area contributed by atoms with Crippen LogP contribution in [0, 0.1) is 0 Å². The molecule has 0 aliphatic carbocycles. The maximum atomic E-state index is 12.6. The molecule has 2 aromatic carbocycles. The molecule has 1 aliphatic heterocycles. The van der Waals surface area contributed by atoms with Crippen molar-refractivity contribution in [1.82, 2.24) is 14.5 Å². The number of piperazine rings is 1. The van der Waals surface area contributed by atoms with Crippen LogP contribution in [0.5, 0.6) is 0 Å². The number of benzene rings is 2. The van der Waals surface area contributed by atoms with Crippen molar-refractivity contribution in [2.75, 3.05) is 26.2 Å². The highest BCUT2D eigenvalue weighted by Crippen LogP contribution is 2.21. The van der Waals surface area contributed by atoms with E-state index in [-0.39, 0.29) is 11.8 Å². The molecule has 6 nitrogen and oxygen atoms in total. The Balaban J connectivity index is 1.51. The van der Waals surface area contributed by atoms with Crippen LogP contribution in [0.1, 0.15) is 11.1 Å². The molecule has 0 unspecified atom stereocenters. The zero-order chi connectivity index (χ0) is 20.1. The third kappa shape index (κ3) is 5.47. The standard InChI is InChI=1S/C19H21BrClN3O3S/c20-17-7-6-16(18(21)12-17)13-22-19(25)23-8-10-24(11-9-23)28(26,27)14-15-4-2-1-3-5-15/h1-7,12H,8-11,13-14H2,(H,22,25). The van der Waals surface area contributed by atoms with E-state index in [4.69, 9.17) is 11.6 Å². The van der Waals surface area contributed by atoms with Gasteiger partial charge in [-0.15, -0.1) is 0 Å². The van der Waals surface area contributed by atoms with Crippen LogP contribution in [0.3, 0.4) is 0 Å². The lowest BCUT2D eigenvalue weighted by Crippen LogP contribution is -2.53. The summed E-state index contributed by atoms with van der Waals surface area (Å²) in [7, 11) is -3.40. The zero-order valence-electron chi connectivity index (χ0n) is 15.1. The highest BCUT2D eigenvalue weighted by Gasteiger charge is 2.28. The third-order valence-corrected chi connectivity index (χ3v) is 7.25. The van der Waals surface area contributed by atoms with Crippen molar-refractivity contribution in [2.45, 2.75) is 12.3 Å². The maximum absolute atomic E-state index is 12.6. The molecule has 0 saturated carbocycles. The SMILES string of the molecule is O=C(NCc1ccc(Br)cc1Cl)N1CCN(S(=O)(=O)Cc2ccccc2)CC1. The van der Waals surface area contributed by atoms with Crippen molar-refractivity contribution in [2.24, 2.45) is 0 Å². The Morgan fingerprint density at radius 3 is 2.39 bits per heavy atom. The smallest absolute Gasteiger partial charge is 0.317 e. The van der Waals surface area contributed by atoms with E-state index in [1.54, 1.807) is 23.1 Å². The van der Waals surface area contributed by atoms with Gasteiger partial charge in [0.25, 0.3) is 0 Å². The number of rotatable bonds is 5. The average Bonchev–Trinajstić information content (AvgIpc) is 2.67. The molecular formula is C19H21BrClN3O3S.